The summed E-state index contributed by atoms with van der Waals surface area (Å²) in [5.74, 6) is -1.04. The summed E-state index contributed by atoms with van der Waals surface area (Å²) >= 11 is 3.22. The minimum absolute atomic E-state index is 0.222. The average molecular weight is 335 g/mol. The summed E-state index contributed by atoms with van der Waals surface area (Å²) in [5.41, 5.74) is 1.97. The number of para-hydroxylation sites is 1. The zero-order valence-corrected chi connectivity index (χ0v) is 12.5. The van der Waals surface area contributed by atoms with E-state index in [1.54, 1.807) is 19.2 Å². The van der Waals surface area contributed by atoms with Crippen LogP contribution in [0.3, 0.4) is 0 Å². The molecule has 2 heterocycles. The number of hydrogen-bond acceptors (Lipinski definition) is 3. The molecule has 20 heavy (non-hydrogen) atoms. The number of imide groups is 1. The molecule has 0 bridgehead atoms. The number of amides is 3. The van der Waals surface area contributed by atoms with Crippen LogP contribution in [0.1, 0.15) is 5.56 Å². The standard InChI is InChI=1S/C14H11BrN2O3/c1-16-8-6-4-3-5-7(8)9(12(16)18)10-11(15)14(20)17(2)13(10)19/h3-6,11H,1-2H3/b10-9+. The van der Waals surface area contributed by atoms with E-state index in [1.165, 1.54) is 11.9 Å². The monoisotopic (exact) mass is 334 g/mol. The lowest BCUT2D eigenvalue weighted by Crippen LogP contribution is -2.26. The van der Waals surface area contributed by atoms with Crippen molar-refractivity contribution in [2.75, 3.05) is 19.0 Å². The van der Waals surface area contributed by atoms with Crippen molar-refractivity contribution in [2.45, 2.75) is 4.83 Å². The normalized spacial score (nSPS) is 25.8. The molecule has 0 aliphatic carbocycles. The second-order valence-electron chi connectivity index (χ2n) is 4.73. The van der Waals surface area contributed by atoms with Crippen LogP contribution < -0.4 is 4.90 Å². The first-order chi connectivity index (χ1) is 9.45. The Kier molecular flexibility index (Phi) is 2.79. The maximum Gasteiger partial charge on any atom is 0.259 e. The highest BCUT2D eigenvalue weighted by Crippen LogP contribution is 2.41. The highest BCUT2D eigenvalue weighted by Gasteiger charge is 2.45. The lowest BCUT2D eigenvalue weighted by atomic mass is 10.00. The van der Waals surface area contributed by atoms with Crippen molar-refractivity contribution in [1.82, 2.24) is 4.90 Å². The predicted molar refractivity (Wildman–Crippen MR) is 77.3 cm³/mol. The second-order valence-corrected chi connectivity index (χ2v) is 5.65. The number of benzene rings is 1. The van der Waals surface area contributed by atoms with Crippen molar-refractivity contribution in [2.24, 2.45) is 0 Å². The van der Waals surface area contributed by atoms with E-state index in [-0.39, 0.29) is 17.4 Å². The van der Waals surface area contributed by atoms with Crippen molar-refractivity contribution in [3.8, 4) is 0 Å². The number of carbonyl (C=O) groups is 3. The van der Waals surface area contributed by atoms with Crippen LogP contribution in [0.15, 0.2) is 29.8 Å². The van der Waals surface area contributed by atoms with Gasteiger partial charge < -0.3 is 4.90 Å². The van der Waals surface area contributed by atoms with E-state index < -0.39 is 10.7 Å². The van der Waals surface area contributed by atoms with Crippen LogP contribution in [-0.2, 0) is 14.4 Å². The van der Waals surface area contributed by atoms with Gasteiger partial charge in [-0.3, -0.25) is 19.3 Å². The van der Waals surface area contributed by atoms with Crippen LogP contribution in [0.4, 0.5) is 5.69 Å². The quantitative estimate of drug-likeness (QED) is 0.406. The van der Waals surface area contributed by atoms with Gasteiger partial charge in [0.05, 0.1) is 16.8 Å². The first kappa shape index (κ1) is 13.1. The Hall–Kier alpha value is -1.95. The maximum atomic E-state index is 12.4. The Morgan fingerprint density at radius 1 is 1.00 bits per heavy atom. The van der Waals surface area contributed by atoms with Gasteiger partial charge in [0.25, 0.3) is 11.8 Å². The van der Waals surface area contributed by atoms with Crippen LogP contribution in [0, 0.1) is 0 Å². The molecule has 3 rings (SSSR count). The summed E-state index contributed by atoms with van der Waals surface area (Å²) in [7, 11) is 3.07. The largest absolute Gasteiger partial charge is 0.311 e. The summed E-state index contributed by atoms with van der Waals surface area (Å²) in [4.78, 5) is 38.3. The van der Waals surface area contributed by atoms with Crippen LogP contribution >= 0.6 is 15.9 Å². The van der Waals surface area contributed by atoms with E-state index in [1.807, 2.05) is 12.1 Å². The minimum Gasteiger partial charge on any atom is -0.311 e. The molecule has 0 aromatic heterocycles. The van der Waals surface area contributed by atoms with Gasteiger partial charge in [0.1, 0.15) is 4.83 Å². The first-order valence-corrected chi connectivity index (χ1v) is 6.94. The molecule has 1 unspecified atom stereocenters. The van der Waals surface area contributed by atoms with E-state index in [9.17, 15) is 14.4 Å². The molecule has 6 heteroatoms. The smallest absolute Gasteiger partial charge is 0.259 e. The Morgan fingerprint density at radius 2 is 1.65 bits per heavy atom. The van der Waals surface area contributed by atoms with Gasteiger partial charge in [-0.1, -0.05) is 34.1 Å². The van der Waals surface area contributed by atoms with Gasteiger partial charge in [-0.05, 0) is 6.07 Å². The summed E-state index contributed by atoms with van der Waals surface area (Å²) < 4.78 is 0. The second kappa shape index (κ2) is 4.28. The lowest BCUT2D eigenvalue weighted by molar-refractivity contribution is -0.135. The molecule has 2 aliphatic heterocycles. The number of carbonyl (C=O) groups excluding carboxylic acids is 3. The molecular weight excluding hydrogens is 324 g/mol. The maximum absolute atomic E-state index is 12.4. The molecule has 1 aromatic carbocycles. The van der Waals surface area contributed by atoms with E-state index in [4.69, 9.17) is 0 Å². The number of likely N-dealkylation sites (N-methyl/N-ethyl adjacent to an activating group) is 2. The van der Waals surface area contributed by atoms with Crippen molar-refractivity contribution >= 4 is 44.9 Å². The molecule has 1 atom stereocenters. The average Bonchev–Trinajstić information content (AvgIpc) is 2.80. The fraction of sp³-hybridized carbons (Fsp3) is 0.214. The fourth-order valence-electron chi connectivity index (χ4n) is 2.55. The zero-order chi connectivity index (χ0) is 14.6. The molecule has 0 radical (unpaired) electrons. The van der Waals surface area contributed by atoms with Crippen molar-refractivity contribution in [3.05, 3.63) is 35.4 Å². The molecule has 1 fully saturated rings. The third-order valence-electron chi connectivity index (χ3n) is 3.66. The first-order valence-electron chi connectivity index (χ1n) is 6.02. The Labute approximate surface area is 124 Å². The molecule has 3 amide bonds. The minimum atomic E-state index is -0.765. The number of fused-ring (bicyclic) bond motifs is 1. The van der Waals surface area contributed by atoms with E-state index >= 15 is 0 Å². The van der Waals surface area contributed by atoms with Gasteiger partial charge in [-0.25, -0.2) is 0 Å². The number of halogens is 1. The van der Waals surface area contributed by atoms with Gasteiger partial charge in [0.15, 0.2) is 0 Å². The third-order valence-corrected chi connectivity index (χ3v) is 4.51. The summed E-state index contributed by atoms with van der Waals surface area (Å²) in [5, 5.41) is 0. The molecule has 5 nitrogen and oxygen atoms in total. The van der Waals surface area contributed by atoms with E-state index in [0.29, 0.717) is 11.1 Å². The fourth-order valence-corrected chi connectivity index (χ4v) is 3.28. The SMILES string of the molecule is CN1C(=O)/C(=C2/C(=O)N(C)c3ccccc32)C(Br)C1=O. The van der Waals surface area contributed by atoms with Crippen LogP contribution in [0.25, 0.3) is 5.57 Å². The van der Waals surface area contributed by atoms with Crippen LogP contribution in [0.2, 0.25) is 0 Å². The van der Waals surface area contributed by atoms with Gasteiger partial charge in [0.2, 0.25) is 5.91 Å². The lowest BCUT2D eigenvalue weighted by Gasteiger charge is -2.08. The predicted octanol–water partition coefficient (Wildman–Crippen LogP) is 1.18. The van der Waals surface area contributed by atoms with Crippen LogP contribution in [-0.4, -0.2) is 41.5 Å². The number of likely N-dealkylation sites (tertiary alicyclic amines) is 1. The molecule has 0 N–H and O–H groups in total. The number of anilines is 1. The van der Waals surface area contributed by atoms with Crippen LogP contribution in [0.5, 0.6) is 0 Å². The molecule has 1 saturated heterocycles. The third kappa shape index (κ3) is 1.51. The van der Waals surface area contributed by atoms with E-state index in [0.717, 1.165) is 10.6 Å². The van der Waals surface area contributed by atoms with Crippen molar-refractivity contribution in [1.29, 1.82) is 0 Å². The molecule has 0 spiro atoms. The highest BCUT2D eigenvalue weighted by atomic mass is 79.9. The molecule has 102 valence electrons. The highest BCUT2D eigenvalue weighted by molar-refractivity contribution is 9.10. The molecular formula is C14H11BrN2O3. The molecule has 2 aliphatic rings. The van der Waals surface area contributed by atoms with Gasteiger partial charge in [-0.2, -0.15) is 0 Å². The molecule has 1 aromatic rings. The van der Waals surface area contributed by atoms with Gasteiger partial charge in [0, 0.05) is 19.7 Å². The molecule has 0 saturated carbocycles. The number of nitrogens with zero attached hydrogens (tertiary/aromatic N) is 2. The van der Waals surface area contributed by atoms with Crippen molar-refractivity contribution in [3.63, 3.8) is 0 Å². The van der Waals surface area contributed by atoms with Gasteiger partial charge in [-0.15, -0.1) is 0 Å². The summed E-state index contributed by atoms with van der Waals surface area (Å²) in [6.45, 7) is 0. The zero-order valence-electron chi connectivity index (χ0n) is 10.9. The Balaban J connectivity index is 2.30. The number of alkyl halides is 1. The number of rotatable bonds is 0. The van der Waals surface area contributed by atoms with Gasteiger partial charge >= 0.3 is 0 Å². The van der Waals surface area contributed by atoms with E-state index in [2.05, 4.69) is 15.9 Å². The summed E-state index contributed by atoms with van der Waals surface area (Å²) in [6.07, 6.45) is 0. The van der Waals surface area contributed by atoms with Crippen molar-refractivity contribution < 1.29 is 14.4 Å². The number of hydrogen-bond donors (Lipinski definition) is 0. The Morgan fingerprint density at radius 3 is 2.25 bits per heavy atom. The topological polar surface area (TPSA) is 57.7 Å². The Bertz CT molecular complexity index is 695. The summed E-state index contributed by atoms with van der Waals surface area (Å²) in [6, 6.07) is 7.24.